The maximum absolute atomic E-state index is 5.73. The number of nitrogens with one attached hydrogen (secondary N) is 1. The van der Waals surface area contributed by atoms with E-state index in [4.69, 9.17) is 10.5 Å². The lowest BCUT2D eigenvalue weighted by atomic mass is 10.4. The molecule has 0 amide bonds. The van der Waals surface area contributed by atoms with E-state index in [1.54, 1.807) is 10.9 Å². The summed E-state index contributed by atoms with van der Waals surface area (Å²) >= 11 is 0. The Kier molecular flexibility index (Phi) is 4.97. The Bertz CT molecular complexity index is 285. The molecule has 3 N–H and O–H groups in total. The minimum Gasteiger partial charge on any atom is -0.394 e. The number of hydrogen-bond acceptors (Lipinski definition) is 4. The Balaban J connectivity index is 2.12. The van der Waals surface area contributed by atoms with Gasteiger partial charge in [-0.3, -0.25) is 4.68 Å². The molecule has 0 aromatic carbocycles. The summed E-state index contributed by atoms with van der Waals surface area (Å²) in [6, 6.07) is 0. The molecule has 0 saturated carbocycles. The smallest absolute Gasteiger partial charge is 0.171 e. The lowest BCUT2D eigenvalue weighted by Crippen LogP contribution is -2.07. The van der Waals surface area contributed by atoms with Crippen molar-refractivity contribution in [3.8, 4) is 0 Å². The maximum atomic E-state index is 5.73. The van der Waals surface area contributed by atoms with E-state index >= 15 is 0 Å². The van der Waals surface area contributed by atoms with E-state index in [1.807, 2.05) is 7.05 Å². The van der Waals surface area contributed by atoms with E-state index in [-0.39, 0.29) is 0 Å². The topological polar surface area (TPSA) is 65.1 Å². The zero-order valence-electron chi connectivity index (χ0n) is 9.49. The Morgan fingerprint density at radius 2 is 2.33 bits per heavy atom. The monoisotopic (exact) mass is 212 g/mol. The van der Waals surface area contributed by atoms with Crippen molar-refractivity contribution in [3.63, 3.8) is 0 Å². The predicted molar refractivity (Wildman–Crippen MR) is 61.8 cm³/mol. The quantitative estimate of drug-likeness (QED) is 0.667. The Labute approximate surface area is 90.6 Å². The van der Waals surface area contributed by atoms with Crippen LogP contribution in [-0.2, 0) is 11.8 Å². The predicted octanol–water partition coefficient (Wildman–Crippen LogP) is 1.23. The third kappa shape index (κ3) is 4.20. The number of rotatable bonds is 7. The highest BCUT2D eigenvalue weighted by Crippen LogP contribution is 2.13. The van der Waals surface area contributed by atoms with Crippen LogP contribution in [0.1, 0.15) is 19.8 Å². The van der Waals surface area contributed by atoms with Crippen LogP contribution in [0.25, 0.3) is 0 Å². The summed E-state index contributed by atoms with van der Waals surface area (Å²) in [6.07, 6.45) is 3.83. The fourth-order valence-electron chi connectivity index (χ4n) is 1.27. The Hall–Kier alpha value is -1.23. The van der Waals surface area contributed by atoms with Gasteiger partial charge in [-0.15, -0.1) is 0 Å². The summed E-state index contributed by atoms with van der Waals surface area (Å²) in [7, 11) is 1.85. The van der Waals surface area contributed by atoms with E-state index in [1.165, 1.54) is 0 Å². The number of nitrogens with zero attached hydrogens (tertiary/aromatic N) is 2. The Morgan fingerprint density at radius 3 is 2.93 bits per heavy atom. The number of aryl methyl sites for hydroxylation is 1. The first-order valence-corrected chi connectivity index (χ1v) is 5.34. The molecule has 0 unspecified atom stereocenters. The van der Waals surface area contributed by atoms with Crippen LogP contribution in [-0.4, -0.2) is 29.5 Å². The molecule has 5 heteroatoms. The van der Waals surface area contributed by atoms with Crippen molar-refractivity contribution in [1.29, 1.82) is 0 Å². The number of ether oxygens (including phenoxy) is 1. The molecule has 15 heavy (non-hydrogen) atoms. The van der Waals surface area contributed by atoms with Crippen LogP contribution in [0.15, 0.2) is 6.20 Å². The van der Waals surface area contributed by atoms with Crippen LogP contribution in [0.2, 0.25) is 0 Å². The molecule has 0 aliphatic carbocycles. The van der Waals surface area contributed by atoms with E-state index in [2.05, 4.69) is 17.3 Å². The van der Waals surface area contributed by atoms with Crippen molar-refractivity contribution in [1.82, 2.24) is 9.78 Å². The van der Waals surface area contributed by atoms with Gasteiger partial charge < -0.3 is 15.8 Å². The van der Waals surface area contributed by atoms with Crippen LogP contribution in [0.5, 0.6) is 0 Å². The molecule has 0 bridgehead atoms. The summed E-state index contributed by atoms with van der Waals surface area (Å²) in [5.41, 5.74) is 6.41. The van der Waals surface area contributed by atoms with Crippen molar-refractivity contribution in [2.75, 3.05) is 30.8 Å². The van der Waals surface area contributed by atoms with E-state index in [0.717, 1.165) is 38.4 Å². The van der Waals surface area contributed by atoms with Gasteiger partial charge in [0.05, 0.1) is 5.69 Å². The highest BCUT2D eigenvalue weighted by Gasteiger charge is 2.01. The second-order valence-electron chi connectivity index (χ2n) is 3.50. The largest absolute Gasteiger partial charge is 0.394 e. The van der Waals surface area contributed by atoms with Gasteiger partial charge in [-0.1, -0.05) is 6.92 Å². The molecule has 1 rings (SSSR count). The number of anilines is 2. The standard InChI is InChI=1S/C10H20N4O/c1-3-6-15-7-4-5-12-10-9(11)8-14(2)13-10/h8H,3-7,11H2,1-2H3,(H,12,13). The molecule has 0 aliphatic rings. The van der Waals surface area contributed by atoms with Gasteiger partial charge in [0.15, 0.2) is 5.82 Å². The van der Waals surface area contributed by atoms with Gasteiger partial charge in [0.25, 0.3) is 0 Å². The van der Waals surface area contributed by atoms with Gasteiger partial charge >= 0.3 is 0 Å². The molecule has 1 aromatic heterocycles. The molecule has 0 spiro atoms. The second kappa shape index (κ2) is 6.29. The van der Waals surface area contributed by atoms with Gasteiger partial charge in [0.2, 0.25) is 0 Å². The molecule has 5 nitrogen and oxygen atoms in total. The number of hydrogen-bond donors (Lipinski definition) is 2. The average Bonchev–Trinajstić information content (AvgIpc) is 2.51. The lowest BCUT2D eigenvalue weighted by Gasteiger charge is -2.04. The first-order chi connectivity index (χ1) is 7.24. The van der Waals surface area contributed by atoms with Gasteiger partial charge in [-0.05, 0) is 12.8 Å². The van der Waals surface area contributed by atoms with Crippen LogP contribution in [0, 0.1) is 0 Å². The third-order valence-electron chi connectivity index (χ3n) is 1.96. The maximum Gasteiger partial charge on any atom is 0.171 e. The third-order valence-corrected chi connectivity index (χ3v) is 1.96. The molecule has 1 aromatic rings. The summed E-state index contributed by atoms with van der Waals surface area (Å²) in [5, 5.41) is 7.36. The SMILES string of the molecule is CCCOCCCNc1nn(C)cc1N. The Morgan fingerprint density at radius 1 is 1.53 bits per heavy atom. The minimum absolute atomic E-state index is 0.687. The van der Waals surface area contributed by atoms with E-state index in [0.29, 0.717) is 5.69 Å². The normalized spacial score (nSPS) is 10.5. The molecule has 0 fully saturated rings. The van der Waals surface area contributed by atoms with Crippen LogP contribution < -0.4 is 11.1 Å². The highest BCUT2D eigenvalue weighted by molar-refractivity contribution is 5.59. The van der Waals surface area contributed by atoms with Crippen molar-refractivity contribution in [3.05, 3.63) is 6.20 Å². The van der Waals surface area contributed by atoms with Gasteiger partial charge in [0.1, 0.15) is 0 Å². The van der Waals surface area contributed by atoms with Gasteiger partial charge in [0, 0.05) is 33.0 Å². The number of nitrogens with two attached hydrogens (primary N) is 1. The van der Waals surface area contributed by atoms with E-state index in [9.17, 15) is 0 Å². The van der Waals surface area contributed by atoms with Crippen molar-refractivity contribution < 1.29 is 4.74 Å². The van der Waals surface area contributed by atoms with Crippen LogP contribution >= 0.6 is 0 Å². The highest BCUT2D eigenvalue weighted by atomic mass is 16.5. The van der Waals surface area contributed by atoms with Crippen LogP contribution in [0.4, 0.5) is 11.5 Å². The van der Waals surface area contributed by atoms with Crippen molar-refractivity contribution in [2.45, 2.75) is 19.8 Å². The molecule has 1 heterocycles. The zero-order valence-corrected chi connectivity index (χ0v) is 9.49. The summed E-state index contributed by atoms with van der Waals surface area (Å²) in [4.78, 5) is 0. The first kappa shape index (κ1) is 11.8. The van der Waals surface area contributed by atoms with Crippen molar-refractivity contribution >= 4 is 11.5 Å². The minimum atomic E-state index is 0.687. The van der Waals surface area contributed by atoms with Crippen LogP contribution in [0.3, 0.4) is 0 Å². The van der Waals surface area contributed by atoms with Gasteiger partial charge in [-0.2, -0.15) is 5.10 Å². The average molecular weight is 212 g/mol. The molecule has 86 valence electrons. The molecule has 0 radical (unpaired) electrons. The summed E-state index contributed by atoms with van der Waals surface area (Å²) in [6.45, 7) is 4.57. The molecule has 0 saturated heterocycles. The lowest BCUT2D eigenvalue weighted by molar-refractivity contribution is 0.134. The molecule has 0 aliphatic heterocycles. The zero-order chi connectivity index (χ0) is 11.1. The summed E-state index contributed by atoms with van der Waals surface area (Å²) < 4.78 is 7.06. The van der Waals surface area contributed by atoms with E-state index < -0.39 is 0 Å². The fraction of sp³-hybridized carbons (Fsp3) is 0.700. The van der Waals surface area contributed by atoms with Crippen molar-refractivity contribution in [2.24, 2.45) is 7.05 Å². The first-order valence-electron chi connectivity index (χ1n) is 5.34. The molecular formula is C10H20N4O. The number of aromatic nitrogens is 2. The fourth-order valence-corrected chi connectivity index (χ4v) is 1.27. The second-order valence-corrected chi connectivity index (χ2v) is 3.50. The molecule has 0 atom stereocenters. The number of nitrogen functional groups attached to an aromatic ring is 1. The molecular weight excluding hydrogens is 192 g/mol. The summed E-state index contributed by atoms with van der Waals surface area (Å²) in [5.74, 6) is 0.757. The van der Waals surface area contributed by atoms with Gasteiger partial charge in [-0.25, -0.2) is 0 Å².